The predicted octanol–water partition coefficient (Wildman–Crippen LogP) is 3.64. The highest BCUT2D eigenvalue weighted by atomic mass is 32.2. The lowest BCUT2D eigenvalue weighted by Gasteiger charge is -2.10. The number of hydrogen-bond acceptors (Lipinski definition) is 5. The number of carboxylic acids is 1. The average molecular weight is 381 g/mol. The van der Waals surface area contributed by atoms with Crippen LogP contribution < -0.4 is 10.6 Å². The Kier molecular flexibility index (Phi) is 7.94. The summed E-state index contributed by atoms with van der Waals surface area (Å²) >= 11 is 1.51. The Morgan fingerprint density at radius 1 is 1.11 bits per heavy atom. The predicted molar refractivity (Wildman–Crippen MR) is 104 cm³/mol. The van der Waals surface area contributed by atoms with Crippen LogP contribution in [0.5, 0.6) is 0 Å². The number of nitriles is 1. The van der Waals surface area contributed by atoms with E-state index in [9.17, 15) is 14.9 Å². The first-order valence-electron chi connectivity index (χ1n) is 8.29. The summed E-state index contributed by atoms with van der Waals surface area (Å²) in [5.74, 6) is -1.41. The molecule has 1 amide bonds. The fourth-order valence-corrected chi connectivity index (χ4v) is 3.05. The number of amides is 1. The molecule has 138 valence electrons. The molecule has 27 heavy (non-hydrogen) atoms. The number of anilines is 1. The molecule has 0 heterocycles. The first-order valence-corrected chi connectivity index (χ1v) is 9.10. The van der Waals surface area contributed by atoms with E-state index in [0.717, 1.165) is 9.79 Å². The van der Waals surface area contributed by atoms with Crippen LogP contribution in [-0.2, 0) is 9.59 Å². The topological polar surface area (TPSA) is 102 Å². The summed E-state index contributed by atoms with van der Waals surface area (Å²) in [6.45, 7) is 0.366. The van der Waals surface area contributed by atoms with Gasteiger partial charge >= 0.3 is 5.97 Å². The Bertz CT molecular complexity index is 860. The number of carbonyl (C=O) groups is 2. The summed E-state index contributed by atoms with van der Waals surface area (Å²) in [4.78, 5) is 24.7. The molecule has 0 aliphatic rings. The van der Waals surface area contributed by atoms with E-state index in [4.69, 9.17) is 5.11 Å². The van der Waals surface area contributed by atoms with Gasteiger partial charge in [0.15, 0.2) is 0 Å². The van der Waals surface area contributed by atoms with Crippen LogP contribution in [0, 0.1) is 11.3 Å². The Balaban J connectivity index is 2.01. The van der Waals surface area contributed by atoms with Gasteiger partial charge in [-0.3, -0.25) is 9.59 Å². The number of hydrogen-bond donors (Lipinski definition) is 3. The van der Waals surface area contributed by atoms with E-state index in [1.807, 2.05) is 54.6 Å². The molecule has 0 unspecified atom stereocenters. The maximum Gasteiger partial charge on any atom is 0.303 e. The van der Waals surface area contributed by atoms with Gasteiger partial charge < -0.3 is 15.7 Å². The van der Waals surface area contributed by atoms with Crippen molar-refractivity contribution in [3.63, 3.8) is 0 Å². The van der Waals surface area contributed by atoms with Gasteiger partial charge in [-0.25, -0.2) is 0 Å². The van der Waals surface area contributed by atoms with Gasteiger partial charge in [0, 0.05) is 29.0 Å². The molecule has 0 aromatic heterocycles. The van der Waals surface area contributed by atoms with Crippen molar-refractivity contribution in [3.05, 3.63) is 66.4 Å². The van der Waals surface area contributed by atoms with Gasteiger partial charge in [-0.05, 0) is 30.7 Å². The third-order valence-corrected chi connectivity index (χ3v) is 4.51. The first-order chi connectivity index (χ1) is 13.1. The maximum atomic E-state index is 12.4. The highest BCUT2D eigenvalue weighted by Gasteiger charge is 2.12. The Morgan fingerprint density at radius 2 is 1.81 bits per heavy atom. The largest absolute Gasteiger partial charge is 0.481 e. The molecule has 2 rings (SSSR count). The number of carbonyl (C=O) groups excluding carboxylic acids is 1. The van der Waals surface area contributed by atoms with Crippen molar-refractivity contribution in [3.8, 4) is 6.07 Å². The molecule has 2 aromatic carbocycles. The van der Waals surface area contributed by atoms with E-state index in [0.29, 0.717) is 18.7 Å². The molecule has 0 bridgehead atoms. The van der Waals surface area contributed by atoms with Crippen LogP contribution >= 0.6 is 11.8 Å². The van der Waals surface area contributed by atoms with Crippen LogP contribution in [0.25, 0.3) is 0 Å². The third-order valence-electron chi connectivity index (χ3n) is 3.43. The molecule has 0 spiro atoms. The van der Waals surface area contributed by atoms with Crippen molar-refractivity contribution in [1.29, 1.82) is 5.26 Å². The van der Waals surface area contributed by atoms with Crippen LogP contribution in [0.4, 0.5) is 5.69 Å². The number of carboxylic acid groups (broad SMARTS) is 1. The number of nitrogens with one attached hydrogen (secondary N) is 2. The third kappa shape index (κ3) is 6.88. The Hall–Kier alpha value is -3.24. The fourth-order valence-electron chi connectivity index (χ4n) is 2.13. The van der Waals surface area contributed by atoms with Crippen LogP contribution in [0.15, 0.2) is 76.2 Å². The highest BCUT2D eigenvalue weighted by molar-refractivity contribution is 7.99. The van der Waals surface area contributed by atoms with E-state index in [-0.39, 0.29) is 12.0 Å². The van der Waals surface area contributed by atoms with Gasteiger partial charge in [-0.2, -0.15) is 5.26 Å². The molecule has 3 N–H and O–H groups in total. The lowest BCUT2D eigenvalue weighted by Crippen LogP contribution is -2.18. The minimum Gasteiger partial charge on any atom is -0.481 e. The Labute approximate surface area is 161 Å². The molecule has 0 saturated carbocycles. The van der Waals surface area contributed by atoms with Gasteiger partial charge in [0.25, 0.3) is 5.91 Å². The number of para-hydroxylation sites is 1. The number of rotatable bonds is 9. The van der Waals surface area contributed by atoms with Gasteiger partial charge in [-0.15, -0.1) is 0 Å². The lowest BCUT2D eigenvalue weighted by molar-refractivity contribution is -0.137. The summed E-state index contributed by atoms with van der Waals surface area (Å²) in [6.07, 6.45) is 1.74. The number of nitrogens with zero attached hydrogens (tertiary/aromatic N) is 1. The molecule has 2 aromatic rings. The minimum atomic E-state index is -0.883. The van der Waals surface area contributed by atoms with Crippen molar-refractivity contribution in [1.82, 2.24) is 5.32 Å². The molecule has 7 heteroatoms. The molecular formula is C20H19N3O3S. The number of benzene rings is 2. The monoisotopic (exact) mass is 381 g/mol. The van der Waals surface area contributed by atoms with Gasteiger partial charge in [0.1, 0.15) is 11.6 Å². The molecule has 0 atom stereocenters. The van der Waals surface area contributed by atoms with Crippen LogP contribution in [0.3, 0.4) is 0 Å². The molecule has 0 fully saturated rings. The fraction of sp³-hybridized carbons (Fsp3) is 0.150. The minimum absolute atomic E-state index is 0.0268. The zero-order chi connectivity index (χ0) is 19.5. The van der Waals surface area contributed by atoms with Crippen molar-refractivity contribution in [2.75, 3.05) is 11.9 Å². The Morgan fingerprint density at radius 3 is 2.52 bits per heavy atom. The van der Waals surface area contributed by atoms with E-state index in [2.05, 4.69) is 10.6 Å². The van der Waals surface area contributed by atoms with Crippen molar-refractivity contribution >= 4 is 29.3 Å². The zero-order valence-electron chi connectivity index (χ0n) is 14.5. The van der Waals surface area contributed by atoms with Gasteiger partial charge in [-0.1, -0.05) is 42.1 Å². The quantitative estimate of drug-likeness (QED) is 0.348. The molecule has 0 radical (unpaired) electrons. The van der Waals surface area contributed by atoms with E-state index in [1.54, 1.807) is 6.07 Å². The van der Waals surface area contributed by atoms with E-state index < -0.39 is 11.9 Å². The molecule has 0 saturated heterocycles. The lowest BCUT2D eigenvalue weighted by atomic mass is 10.2. The molecular weight excluding hydrogens is 362 g/mol. The summed E-state index contributed by atoms with van der Waals surface area (Å²) in [5.41, 5.74) is 0.535. The van der Waals surface area contributed by atoms with E-state index in [1.165, 1.54) is 18.0 Å². The second-order valence-electron chi connectivity index (χ2n) is 5.49. The van der Waals surface area contributed by atoms with Crippen molar-refractivity contribution < 1.29 is 14.7 Å². The van der Waals surface area contributed by atoms with Crippen LogP contribution in [0.2, 0.25) is 0 Å². The molecule has 0 aliphatic carbocycles. The first kappa shape index (κ1) is 20.1. The summed E-state index contributed by atoms with van der Waals surface area (Å²) in [6, 6.07) is 19.0. The van der Waals surface area contributed by atoms with E-state index >= 15 is 0 Å². The normalized spacial score (nSPS) is 10.7. The summed E-state index contributed by atoms with van der Waals surface area (Å²) < 4.78 is 0. The second-order valence-corrected chi connectivity index (χ2v) is 6.60. The van der Waals surface area contributed by atoms with Crippen LogP contribution in [-0.4, -0.2) is 23.5 Å². The van der Waals surface area contributed by atoms with Gasteiger partial charge in [0.2, 0.25) is 0 Å². The smallest absolute Gasteiger partial charge is 0.303 e. The standard InChI is InChI=1S/C20H19N3O3S/c21-13-15(14-22-12-6-11-19(24)25)20(26)23-17-9-4-5-10-18(17)27-16-7-2-1-3-8-16/h1-5,7-10,14,22H,6,11-12H2,(H,23,26)(H,24,25)/b15-14-. The summed E-state index contributed by atoms with van der Waals surface area (Å²) in [7, 11) is 0. The second kappa shape index (κ2) is 10.7. The molecule has 6 nitrogen and oxygen atoms in total. The van der Waals surface area contributed by atoms with Crippen LogP contribution in [0.1, 0.15) is 12.8 Å². The van der Waals surface area contributed by atoms with Crippen molar-refractivity contribution in [2.24, 2.45) is 0 Å². The number of aliphatic carboxylic acids is 1. The maximum absolute atomic E-state index is 12.4. The highest BCUT2D eigenvalue weighted by Crippen LogP contribution is 2.33. The zero-order valence-corrected chi connectivity index (χ0v) is 15.3. The van der Waals surface area contributed by atoms with Gasteiger partial charge in [0.05, 0.1) is 5.69 Å². The SMILES string of the molecule is N#C/C(=C/NCCCC(=O)O)C(=O)Nc1ccccc1Sc1ccccc1. The molecule has 0 aliphatic heterocycles. The summed E-state index contributed by atoms with van der Waals surface area (Å²) in [5, 5.41) is 23.4. The average Bonchev–Trinajstić information content (AvgIpc) is 2.66. The van der Waals surface area contributed by atoms with Crippen molar-refractivity contribution in [2.45, 2.75) is 22.6 Å².